The lowest BCUT2D eigenvalue weighted by atomic mass is 10.2. The highest BCUT2D eigenvalue weighted by molar-refractivity contribution is 8.00. The maximum absolute atomic E-state index is 11.4. The number of carbonyl (C=O) groups is 1. The molecule has 0 spiro atoms. The molecule has 2 aromatic carbocycles. The molecule has 0 radical (unpaired) electrons. The molecule has 2 N–H and O–H groups in total. The van der Waals surface area contributed by atoms with Crippen LogP contribution in [-0.4, -0.2) is 27.8 Å². The number of nitrogens with two attached hydrogens (primary N) is 1. The van der Waals surface area contributed by atoms with Crippen molar-refractivity contribution in [2.75, 3.05) is 7.11 Å². The smallest absolute Gasteiger partial charge is 0.230 e. The van der Waals surface area contributed by atoms with Crippen molar-refractivity contribution in [3.05, 3.63) is 48.5 Å². The molecule has 0 saturated carbocycles. The van der Waals surface area contributed by atoms with E-state index < -0.39 is 0 Å². The summed E-state index contributed by atoms with van der Waals surface area (Å²) in [5.41, 5.74) is 8.21. The van der Waals surface area contributed by atoms with Crippen LogP contribution in [0.15, 0.2) is 53.7 Å². The maximum Gasteiger partial charge on any atom is 0.230 e. The van der Waals surface area contributed by atoms with Crippen LogP contribution in [0.2, 0.25) is 0 Å². The van der Waals surface area contributed by atoms with Crippen molar-refractivity contribution >= 4 is 28.7 Å². The zero-order chi connectivity index (χ0) is 16.4. The number of primary amides is 1. The lowest BCUT2D eigenvalue weighted by Crippen LogP contribution is -2.23. The Kier molecular flexibility index (Phi) is 4.25. The third kappa shape index (κ3) is 3.03. The Morgan fingerprint density at radius 3 is 2.57 bits per heavy atom. The first kappa shape index (κ1) is 15.4. The molecule has 1 aromatic heterocycles. The first-order valence-electron chi connectivity index (χ1n) is 7.18. The summed E-state index contributed by atoms with van der Waals surface area (Å²) < 4.78 is 7.24. The molecule has 0 bridgehead atoms. The molecule has 1 amide bonds. The number of amides is 1. The van der Waals surface area contributed by atoms with Gasteiger partial charge in [-0.2, -0.15) is 0 Å². The second-order valence-corrected chi connectivity index (χ2v) is 6.39. The van der Waals surface area contributed by atoms with Gasteiger partial charge in [0, 0.05) is 5.69 Å². The minimum absolute atomic E-state index is 0.358. The van der Waals surface area contributed by atoms with Crippen molar-refractivity contribution in [1.29, 1.82) is 0 Å². The number of nitrogens with zero attached hydrogens (tertiary/aromatic N) is 2. The van der Waals surface area contributed by atoms with Gasteiger partial charge in [-0.15, -0.1) is 0 Å². The van der Waals surface area contributed by atoms with Crippen LogP contribution in [-0.2, 0) is 4.79 Å². The number of ether oxygens (including phenoxy) is 1. The third-order valence-corrected chi connectivity index (χ3v) is 4.61. The summed E-state index contributed by atoms with van der Waals surface area (Å²) in [6.45, 7) is 1.78. The molecule has 1 atom stereocenters. The summed E-state index contributed by atoms with van der Waals surface area (Å²) in [5, 5.41) is 0.381. The lowest BCUT2D eigenvalue weighted by Gasteiger charge is -2.11. The van der Waals surface area contributed by atoms with Gasteiger partial charge in [-0.05, 0) is 43.3 Å². The largest absolute Gasteiger partial charge is 0.497 e. The molecule has 0 saturated heterocycles. The van der Waals surface area contributed by atoms with Gasteiger partial charge in [0.2, 0.25) is 5.91 Å². The molecular formula is C17H17N3O2S. The Morgan fingerprint density at radius 1 is 1.22 bits per heavy atom. The number of rotatable bonds is 5. The van der Waals surface area contributed by atoms with E-state index in [0.717, 1.165) is 27.6 Å². The zero-order valence-corrected chi connectivity index (χ0v) is 13.7. The second kappa shape index (κ2) is 6.34. The average Bonchev–Trinajstić information content (AvgIpc) is 2.92. The minimum atomic E-state index is -0.358. The van der Waals surface area contributed by atoms with E-state index in [1.165, 1.54) is 11.8 Å². The van der Waals surface area contributed by atoms with Gasteiger partial charge in [0.15, 0.2) is 5.16 Å². The molecule has 118 valence electrons. The van der Waals surface area contributed by atoms with Gasteiger partial charge in [0.1, 0.15) is 5.75 Å². The zero-order valence-electron chi connectivity index (χ0n) is 12.9. The third-order valence-electron chi connectivity index (χ3n) is 3.54. The van der Waals surface area contributed by atoms with Gasteiger partial charge in [0.25, 0.3) is 0 Å². The first-order chi connectivity index (χ1) is 11.1. The van der Waals surface area contributed by atoms with Gasteiger partial charge < -0.3 is 10.5 Å². The lowest BCUT2D eigenvalue weighted by molar-refractivity contribution is -0.117. The Hall–Kier alpha value is -2.47. The molecule has 5 nitrogen and oxygen atoms in total. The molecule has 23 heavy (non-hydrogen) atoms. The Balaban J connectivity index is 2.13. The molecule has 0 fully saturated rings. The van der Waals surface area contributed by atoms with Gasteiger partial charge in [-0.3, -0.25) is 9.36 Å². The van der Waals surface area contributed by atoms with Gasteiger partial charge in [-0.25, -0.2) is 4.98 Å². The number of fused-ring (bicyclic) bond motifs is 1. The van der Waals surface area contributed by atoms with Crippen LogP contribution in [0.25, 0.3) is 16.7 Å². The fourth-order valence-corrected chi connectivity index (χ4v) is 3.17. The number of methoxy groups -OCH3 is 1. The number of thioether (sulfide) groups is 1. The number of imidazole rings is 1. The van der Waals surface area contributed by atoms with E-state index in [4.69, 9.17) is 10.5 Å². The molecular weight excluding hydrogens is 310 g/mol. The average molecular weight is 327 g/mol. The molecule has 6 heteroatoms. The van der Waals surface area contributed by atoms with Gasteiger partial charge in [-0.1, -0.05) is 23.9 Å². The minimum Gasteiger partial charge on any atom is -0.497 e. The summed E-state index contributed by atoms with van der Waals surface area (Å²) >= 11 is 1.35. The number of carbonyl (C=O) groups excluding carboxylic acids is 1. The quantitative estimate of drug-likeness (QED) is 0.731. The fraction of sp³-hybridized carbons (Fsp3) is 0.176. The van der Waals surface area contributed by atoms with E-state index in [9.17, 15) is 4.79 Å². The van der Waals surface area contributed by atoms with E-state index in [1.54, 1.807) is 14.0 Å². The second-order valence-electron chi connectivity index (χ2n) is 5.08. The summed E-state index contributed by atoms with van der Waals surface area (Å²) in [5.74, 6) is 0.432. The Labute approximate surface area is 138 Å². The summed E-state index contributed by atoms with van der Waals surface area (Å²) in [4.78, 5) is 16.0. The molecule has 1 unspecified atom stereocenters. The van der Waals surface area contributed by atoms with Crippen molar-refractivity contribution in [3.8, 4) is 11.4 Å². The molecule has 0 aliphatic rings. The van der Waals surface area contributed by atoms with Crippen molar-refractivity contribution in [2.24, 2.45) is 5.73 Å². The predicted octanol–water partition coefficient (Wildman–Crippen LogP) is 3.00. The summed E-state index contributed by atoms with van der Waals surface area (Å²) in [6, 6.07) is 15.6. The maximum atomic E-state index is 11.4. The number of hydrogen-bond donors (Lipinski definition) is 1. The van der Waals surface area contributed by atoms with Crippen LogP contribution in [0, 0.1) is 0 Å². The monoisotopic (exact) mass is 327 g/mol. The van der Waals surface area contributed by atoms with E-state index in [0.29, 0.717) is 0 Å². The number of benzene rings is 2. The first-order valence-corrected chi connectivity index (χ1v) is 8.06. The van der Waals surface area contributed by atoms with Crippen LogP contribution in [0.4, 0.5) is 0 Å². The van der Waals surface area contributed by atoms with Crippen molar-refractivity contribution in [2.45, 2.75) is 17.3 Å². The standard InChI is InChI=1S/C17H17N3O2S/c1-11(16(18)21)23-17-19-14-5-3-4-6-15(14)20(17)12-7-9-13(22-2)10-8-12/h3-11H,1-2H3,(H2,18,21). The molecule has 1 heterocycles. The van der Waals surface area contributed by atoms with Crippen molar-refractivity contribution < 1.29 is 9.53 Å². The van der Waals surface area contributed by atoms with Crippen molar-refractivity contribution in [3.63, 3.8) is 0 Å². The summed E-state index contributed by atoms with van der Waals surface area (Å²) in [7, 11) is 1.64. The van der Waals surface area contributed by atoms with Crippen molar-refractivity contribution in [1.82, 2.24) is 9.55 Å². The van der Waals surface area contributed by atoms with Gasteiger partial charge >= 0.3 is 0 Å². The fourth-order valence-electron chi connectivity index (χ4n) is 2.28. The Morgan fingerprint density at radius 2 is 1.91 bits per heavy atom. The number of para-hydroxylation sites is 2. The van der Waals surface area contributed by atoms with Crippen LogP contribution in [0.1, 0.15) is 6.92 Å². The molecule has 0 aliphatic heterocycles. The number of hydrogen-bond acceptors (Lipinski definition) is 4. The highest BCUT2D eigenvalue weighted by Crippen LogP contribution is 2.30. The topological polar surface area (TPSA) is 70.1 Å². The molecule has 0 aliphatic carbocycles. The van der Waals surface area contributed by atoms with Crippen LogP contribution in [0.3, 0.4) is 0 Å². The molecule has 3 rings (SSSR count). The molecule has 3 aromatic rings. The van der Waals surface area contributed by atoms with E-state index >= 15 is 0 Å². The highest BCUT2D eigenvalue weighted by Gasteiger charge is 2.18. The SMILES string of the molecule is COc1ccc(-n2c(SC(C)C(N)=O)nc3ccccc32)cc1. The summed E-state index contributed by atoms with van der Waals surface area (Å²) in [6.07, 6.45) is 0. The van der Waals surface area contributed by atoms with Crippen LogP contribution in [0.5, 0.6) is 5.75 Å². The van der Waals surface area contributed by atoms with Gasteiger partial charge in [0.05, 0.1) is 23.4 Å². The number of aromatic nitrogens is 2. The highest BCUT2D eigenvalue weighted by atomic mass is 32.2. The van der Waals surface area contributed by atoms with E-state index in [2.05, 4.69) is 4.98 Å². The predicted molar refractivity (Wildman–Crippen MR) is 92.1 cm³/mol. The van der Waals surface area contributed by atoms with Crippen LogP contribution >= 0.6 is 11.8 Å². The normalized spacial score (nSPS) is 12.3. The van der Waals surface area contributed by atoms with Crippen LogP contribution < -0.4 is 10.5 Å². The van der Waals surface area contributed by atoms with E-state index in [-0.39, 0.29) is 11.2 Å². The Bertz CT molecular complexity index is 843. The van der Waals surface area contributed by atoms with E-state index in [1.807, 2.05) is 53.1 Å².